The zero-order chi connectivity index (χ0) is 17.3. The molecular formula is C19H21BrN2O2. The number of hydrogen-bond donors (Lipinski definition) is 0. The van der Waals surface area contributed by atoms with Crippen molar-refractivity contribution in [3.05, 3.63) is 57.6 Å². The molecule has 126 valence electrons. The van der Waals surface area contributed by atoms with Crippen molar-refractivity contribution in [2.75, 3.05) is 25.1 Å². The Labute approximate surface area is 151 Å². The Kier molecular flexibility index (Phi) is 4.81. The molecular weight excluding hydrogens is 368 g/mol. The van der Waals surface area contributed by atoms with E-state index in [1.54, 1.807) is 7.11 Å². The van der Waals surface area contributed by atoms with Gasteiger partial charge in [0.25, 0.3) is 0 Å². The summed E-state index contributed by atoms with van der Waals surface area (Å²) in [5.74, 6) is 0.861. The van der Waals surface area contributed by atoms with Crippen LogP contribution in [0.3, 0.4) is 0 Å². The molecule has 1 fully saturated rings. The number of aryl methyl sites for hydroxylation is 1. The van der Waals surface area contributed by atoms with Gasteiger partial charge in [-0.1, -0.05) is 28.1 Å². The normalized spacial score (nSPS) is 14.4. The van der Waals surface area contributed by atoms with Gasteiger partial charge in [0.15, 0.2) is 0 Å². The predicted octanol–water partition coefficient (Wildman–Crippen LogP) is 4.52. The van der Waals surface area contributed by atoms with Crippen molar-refractivity contribution in [3.8, 4) is 5.75 Å². The lowest BCUT2D eigenvalue weighted by Gasteiger charge is -2.20. The molecule has 1 aliphatic heterocycles. The van der Waals surface area contributed by atoms with Gasteiger partial charge in [0.05, 0.1) is 7.11 Å². The molecule has 0 saturated carbocycles. The summed E-state index contributed by atoms with van der Waals surface area (Å²) in [4.78, 5) is 16.5. The number of anilines is 1. The fraction of sp³-hybridized carbons (Fsp3) is 0.316. The lowest BCUT2D eigenvalue weighted by molar-refractivity contribution is 0.218. The topological polar surface area (TPSA) is 32.8 Å². The number of amides is 2. The first-order valence-corrected chi connectivity index (χ1v) is 8.75. The highest BCUT2D eigenvalue weighted by Gasteiger charge is 2.30. The molecule has 0 N–H and O–H groups in total. The maximum absolute atomic E-state index is 12.8. The van der Waals surface area contributed by atoms with Crippen molar-refractivity contribution < 1.29 is 9.53 Å². The molecule has 3 rings (SSSR count). The molecule has 2 aromatic carbocycles. The zero-order valence-electron chi connectivity index (χ0n) is 14.2. The second-order valence-electron chi connectivity index (χ2n) is 6.03. The summed E-state index contributed by atoms with van der Waals surface area (Å²) in [5, 5.41) is 0. The maximum atomic E-state index is 12.8. The van der Waals surface area contributed by atoms with Crippen LogP contribution in [-0.2, 0) is 6.54 Å². The lowest BCUT2D eigenvalue weighted by atomic mass is 10.1. The van der Waals surface area contributed by atoms with Crippen LogP contribution in [0.15, 0.2) is 40.9 Å². The monoisotopic (exact) mass is 388 g/mol. The highest BCUT2D eigenvalue weighted by molar-refractivity contribution is 9.10. The minimum atomic E-state index is 0.0546. The molecule has 0 spiro atoms. The summed E-state index contributed by atoms with van der Waals surface area (Å²) < 4.78 is 6.43. The number of ether oxygens (including phenoxy) is 1. The van der Waals surface area contributed by atoms with Gasteiger partial charge in [-0.2, -0.15) is 0 Å². The molecule has 0 atom stereocenters. The van der Waals surface area contributed by atoms with Gasteiger partial charge < -0.3 is 9.64 Å². The fourth-order valence-corrected chi connectivity index (χ4v) is 3.27. The van der Waals surface area contributed by atoms with E-state index in [9.17, 15) is 4.79 Å². The highest BCUT2D eigenvalue weighted by Crippen LogP contribution is 2.28. The third kappa shape index (κ3) is 3.13. The van der Waals surface area contributed by atoms with Crippen molar-refractivity contribution in [1.82, 2.24) is 4.90 Å². The predicted molar refractivity (Wildman–Crippen MR) is 99.8 cm³/mol. The summed E-state index contributed by atoms with van der Waals surface area (Å²) in [6, 6.07) is 12.0. The summed E-state index contributed by atoms with van der Waals surface area (Å²) >= 11 is 3.50. The highest BCUT2D eigenvalue weighted by atomic mass is 79.9. The minimum Gasteiger partial charge on any atom is -0.496 e. The number of carbonyl (C=O) groups excluding carboxylic acids is 1. The van der Waals surface area contributed by atoms with Crippen LogP contribution in [0.25, 0.3) is 0 Å². The summed E-state index contributed by atoms with van der Waals surface area (Å²) in [6.45, 7) is 6.11. The van der Waals surface area contributed by atoms with Crippen molar-refractivity contribution in [1.29, 1.82) is 0 Å². The van der Waals surface area contributed by atoms with Gasteiger partial charge in [0.2, 0.25) is 0 Å². The average molecular weight is 389 g/mol. The van der Waals surface area contributed by atoms with E-state index in [0.29, 0.717) is 13.1 Å². The van der Waals surface area contributed by atoms with Gasteiger partial charge in [-0.25, -0.2) is 4.79 Å². The van der Waals surface area contributed by atoms with Crippen LogP contribution in [0.2, 0.25) is 0 Å². The summed E-state index contributed by atoms with van der Waals surface area (Å²) in [7, 11) is 1.67. The Morgan fingerprint density at radius 3 is 2.67 bits per heavy atom. The van der Waals surface area contributed by atoms with Crippen LogP contribution in [0.5, 0.6) is 5.75 Å². The smallest absolute Gasteiger partial charge is 0.324 e. The van der Waals surface area contributed by atoms with Crippen LogP contribution in [-0.4, -0.2) is 31.1 Å². The fourth-order valence-electron chi connectivity index (χ4n) is 3.02. The molecule has 0 bridgehead atoms. The largest absolute Gasteiger partial charge is 0.496 e. The van der Waals surface area contributed by atoms with Crippen LogP contribution in [0, 0.1) is 13.8 Å². The van der Waals surface area contributed by atoms with Gasteiger partial charge in [0, 0.05) is 29.8 Å². The molecule has 4 nitrogen and oxygen atoms in total. The SMILES string of the molecule is COc1cccc(CN2CCN(c3ccc(Br)c(C)c3)C2=O)c1C. The van der Waals surface area contributed by atoms with E-state index in [0.717, 1.165) is 39.1 Å². The quantitative estimate of drug-likeness (QED) is 0.771. The van der Waals surface area contributed by atoms with Gasteiger partial charge >= 0.3 is 6.03 Å². The Bertz CT molecular complexity index is 776. The van der Waals surface area contributed by atoms with E-state index in [4.69, 9.17) is 4.74 Å². The molecule has 2 amide bonds. The lowest BCUT2D eigenvalue weighted by Crippen LogP contribution is -2.31. The Hall–Kier alpha value is -2.01. The second kappa shape index (κ2) is 6.85. The first-order chi connectivity index (χ1) is 11.5. The number of rotatable bonds is 4. The molecule has 2 aromatic rings. The van der Waals surface area contributed by atoms with Crippen molar-refractivity contribution in [3.63, 3.8) is 0 Å². The number of benzene rings is 2. The third-order valence-electron chi connectivity index (χ3n) is 4.53. The number of carbonyl (C=O) groups is 1. The van der Waals surface area contributed by atoms with E-state index in [-0.39, 0.29) is 6.03 Å². The number of halogens is 1. The van der Waals surface area contributed by atoms with Gasteiger partial charge in [0.1, 0.15) is 5.75 Å². The number of hydrogen-bond acceptors (Lipinski definition) is 2. The Morgan fingerprint density at radius 2 is 1.96 bits per heavy atom. The van der Waals surface area contributed by atoms with Crippen LogP contribution >= 0.6 is 15.9 Å². The summed E-state index contributed by atoms with van der Waals surface area (Å²) in [5.41, 5.74) is 4.29. The number of nitrogens with zero attached hydrogens (tertiary/aromatic N) is 2. The summed E-state index contributed by atoms with van der Waals surface area (Å²) in [6.07, 6.45) is 0. The van der Waals surface area contributed by atoms with E-state index in [1.165, 1.54) is 0 Å². The first-order valence-electron chi connectivity index (χ1n) is 7.96. The maximum Gasteiger partial charge on any atom is 0.324 e. The van der Waals surface area contributed by atoms with Crippen molar-refractivity contribution in [2.45, 2.75) is 20.4 Å². The molecule has 1 saturated heterocycles. The zero-order valence-corrected chi connectivity index (χ0v) is 15.8. The number of methoxy groups -OCH3 is 1. The van der Waals surface area contributed by atoms with E-state index in [2.05, 4.69) is 22.0 Å². The van der Waals surface area contributed by atoms with Gasteiger partial charge in [-0.3, -0.25) is 4.90 Å². The standard InChI is InChI=1S/C19H21BrN2O2/c1-13-11-16(7-8-17(13)20)22-10-9-21(19(22)23)12-15-5-4-6-18(24-3)14(15)2/h4-8,11H,9-10,12H2,1-3H3. The molecule has 5 heteroatoms. The van der Waals surface area contributed by atoms with Gasteiger partial charge in [-0.15, -0.1) is 0 Å². The molecule has 0 radical (unpaired) electrons. The molecule has 0 aromatic heterocycles. The van der Waals surface area contributed by atoms with Crippen molar-refractivity contribution >= 4 is 27.6 Å². The van der Waals surface area contributed by atoms with Crippen LogP contribution < -0.4 is 9.64 Å². The van der Waals surface area contributed by atoms with E-state index in [1.807, 2.05) is 54.0 Å². The molecule has 24 heavy (non-hydrogen) atoms. The molecule has 0 unspecified atom stereocenters. The average Bonchev–Trinajstić information content (AvgIpc) is 2.93. The molecule has 0 aliphatic carbocycles. The Balaban J connectivity index is 1.78. The van der Waals surface area contributed by atoms with Crippen molar-refractivity contribution in [2.24, 2.45) is 0 Å². The van der Waals surface area contributed by atoms with Crippen LogP contribution in [0.1, 0.15) is 16.7 Å². The van der Waals surface area contributed by atoms with E-state index < -0.39 is 0 Å². The minimum absolute atomic E-state index is 0.0546. The van der Waals surface area contributed by atoms with Gasteiger partial charge in [-0.05, 0) is 54.8 Å². The molecule has 1 aliphatic rings. The Morgan fingerprint density at radius 1 is 1.17 bits per heavy atom. The van der Waals surface area contributed by atoms with E-state index >= 15 is 0 Å². The molecule has 1 heterocycles. The number of urea groups is 1. The van der Waals surface area contributed by atoms with Crippen LogP contribution in [0.4, 0.5) is 10.5 Å². The second-order valence-corrected chi connectivity index (χ2v) is 6.89. The third-order valence-corrected chi connectivity index (χ3v) is 5.42. The first kappa shape index (κ1) is 16.8.